The number of amides is 3. The second-order valence-electron chi connectivity index (χ2n) is 8.54. The molecule has 4 rings (SSSR count). The minimum atomic E-state index is -0.627. The minimum Gasteiger partial charge on any atom is -0.497 e. The maximum absolute atomic E-state index is 13.7. The van der Waals surface area contributed by atoms with Crippen molar-refractivity contribution in [1.29, 1.82) is 0 Å². The smallest absolute Gasteiger partial charge is 0.257 e. The second kappa shape index (κ2) is 10.6. The van der Waals surface area contributed by atoms with Gasteiger partial charge in [-0.25, -0.2) is 0 Å². The Morgan fingerprint density at radius 1 is 0.853 bits per heavy atom. The van der Waals surface area contributed by atoms with Gasteiger partial charge < -0.3 is 24.2 Å². The second-order valence-corrected chi connectivity index (χ2v) is 8.54. The van der Waals surface area contributed by atoms with E-state index in [4.69, 9.17) is 9.47 Å². The summed E-state index contributed by atoms with van der Waals surface area (Å²) in [6.45, 7) is 2.23. The standard InChI is InChI=1S/C26H31N3O5/c1-33-20-11-12-21(22(18-20)34-2)25(31)27-14-16-28(17-15-27)26(32)24(19-8-4-3-5-9-19)29-13-7-6-10-23(29)30/h3-5,8-9,11-12,18,24H,6-7,10,13-17H2,1-2H3. The summed E-state index contributed by atoms with van der Waals surface area (Å²) in [5.41, 5.74) is 1.29. The first-order valence-corrected chi connectivity index (χ1v) is 11.7. The highest BCUT2D eigenvalue weighted by molar-refractivity contribution is 5.97. The maximum atomic E-state index is 13.7. The molecule has 0 bridgehead atoms. The Balaban J connectivity index is 1.47. The molecule has 1 atom stereocenters. The third-order valence-electron chi connectivity index (χ3n) is 6.54. The molecule has 1 unspecified atom stereocenters. The molecule has 2 aliphatic rings. The van der Waals surface area contributed by atoms with Crippen molar-refractivity contribution in [1.82, 2.24) is 14.7 Å². The van der Waals surface area contributed by atoms with Crippen LogP contribution >= 0.6 is 0 Å². The van der Waals surface area contributed by atoms with Crippen molar-refractivity contribution >= 4 is 17.7 Å². The molecule has 0 saturated carbocycles. The van der Waals surface area contributed by atoms with Crippen LogP contribution < -0.4 is 9.47 Å². The van der Waals surface area contributed by atoms with Crippen LogP contribution in [0.5, 0.6) is 11.5 Å². The third-order valence-corrected chi connectivity index (χ3v) is 6.54. The first kappa shape index (κ1) is 23.6. The Morgan fingerprint density at radius 2 is 1.56 bits per heavy atom. The van der Waals surface area contributed by atoms with Crippen LogP contribution in [-0.2, 0) is 9.59 Å². The Morgan fingerprint density at radius 3 is 2.21 bits per heavy atom. The molecule has 3 amide bonds. The summed E-state index contributed by atoms with van der Waals surface area (Å²) >= 11 is 0. The van der Waals surface area contributed by atoms with Crippen molar-refractivity contribution < 1.29 is 23.9 Å². The van der Waals surface area contributed by atoms with Gasteiger partial charge in [0.05, 0.1) is 19.8 Å². The largest absolute Gasteiger partial charge is 0.497 e. The van der Waals surface area contributed by atoms with E-state index in [0.717, 1.165) is 18.4 Å². The fourth-order valence-corrected chi connectivity index (χ4v) is 4.64. The lowest BCUT2D eigenvalue weighted by atomic mass is 9.99. The molecule has 0 aromatic heterocycles. The van der Waals surface area contributed by atoms with Crippen molar-refractivity contribution in [2.24, 2.45) is 0 Å². The van der Waals surface area contributed by atoms with E-state index in [-0.39, 0.29) is 17.7 Å². The molecule has 0 N–H and O–H groups in total. The third kappa shape index (κ3) is 4.85. The normalized spacial score (nSPS) is 17.4. The van der Waals surface area contributed by atoms with Crippen molar-refractivity contribution in [2.75, 3.05) is 46.9 Å². The number of nitrogens with zero attached hydrogens (tertiary/aromatic N) is 3. The predicted octanol–water partition coefficient (Wildman–Crippen LogP) is 2.74. The van der Waals surface area contributed by atoms with Crippen LogP contribution in [0.25, 0.3) is 0 Å². The van der Waals surface area contributed by atoms with Crippen molar-refractivity contribution in [3.63, 3.8) is 0 Å². The van der Waals surface area contributed by atoms with Crippen molar-refractivity contribution in [2.45, 2.75) is 25.3 Å². The zero-order chi connectivity index (χ0) is 24.1. The summed E-state index contributed by atoms with van der Waals surface area (Å²) in [5.74, 6) is 0.862. The number of hydrogen-bond acceptors (Lipinski definition) is 5. The molecule has 0 aliphatic carbocycles. The molecule has 34 heavy (non-hydrogen) atoms. The number of benzene rings is 2. The van der Waals surface area contributed by atoms with Crippen LogP contribution in [0, 0.1) is 0 Å². The van der Waals surface area contributed by atoms with E-state index in [0.29, 0.717) is 56.2 Å². The zero-order valence-corrected chi connectivity index (χ0v) is 19.7. The number of carbonyl (C=O) groups excluding carboxylic acids is 3. The first-order valence-electron chi connectivity index (χ1n) is 11.7. The minimum absolute atomic E-state index is 0.0221. The average Bonchev–Trinajstić information content (AvgIpc) is 2.89. The van der Waals surface area contributed by atoms with Gasteiger partial charge in [-0.05, 0) is 30.5 Å². The van der Waals surface area contributed by atoms with Gasteiger partial charge in [-0.2, -0.15) is 0 Å². The topological polar surface area (TPSA) is 79.4 Å². The number of piperazine rings is 1. The molecule has 2 aromatic rings. The number of methoxy groups -OCH3 is 2. The number of ether oxygens (including phenoxy) is 2. The van der Waals surface area contributed by atoms with Crippen molar-refractivity contribution in [3.05, 3.63) is 59.7 Å². The lowest BCUT2D eigenvalue weighted by Gasteiger charge is -2.40. The van der Waals surface area contributed by atoms with Crippen LogP contribution in [0.1, 0.15) is 41.2 Å². The average molecular weight is 466 g/mol. The molecule has 180 valence electrons. The highest BCUT2D eigenvalue weighted by atomic mass is 16.5. The Kier molecular flexibility index (Phi) is 7.35. The lowest BCUT2D eigenvalue weighted by molar-refractivity contribution is -0.148. The van der Waals surface area contributed by atoms with Gasteiger partial charge in [0, 0.05) is 45.2 Å². The molecule has 0 radical (unpaired) electrons. The summed E-state index contributed by atoms with van der Waals surface area (Å²) < 4.78 is 10.6. The SMILES string of the molecule is COc1ccc(C(=O)N2CCN(C(=O)C(c3ccccc3)N3CCCCC3=O)CC2)c(OC)c1. The van der Waals surface area contributed by atoms with Crippen LogP contribution in [0.15, 0.2) is 48.5 Å². The summed E-state index contributed by atoms with van der Waals surface area (Å²) in [5, 5.41) is 0. The quantitative estimate of drug-likeness (QED) is 0.656. The van der Waals surface area contributed by atoms with E-state index in [1.54, 1.807) is 40.0 Å². The molecular formula is C26H31N3O5. The summed E-state index contributed by atoms with van der Waals surface area (Å²) in [4.78, 5) is 44.7. The maximum Gasteiger partial charge on any atom is 0.257 e. The fourth-order valence-electron chi connectivity index (χ4n) is 4.64. The highest BCUT2D eigenvalue weighted by Crippen LogP contribution is 2.29. The van der Waals surface area contributed by atoms with Gasteiger partial charge >= 0.3 is 0 Å². The summed E-state index contributed by atoms with van der Waals surface area (Å²) in [7, 11) is 3.08. The van der Waals surface area contributed by atoms with Gasteiger partial charge in [-0.3, -0.25) is 14.4 Å². The predicted molar refractivity (Wildman–Crippen MR) is 127 cm³/mol. The molecule has 8 nitrogen and oxygen atoms in total. The highest BCUT2D eigenvalue weighted by Gasteiger charge is 2.37. The molecule has 8 heteroatoms. The Hall–Kier alpha value is -3.55. The van der Waals surface area contributed by atoms with Crippen LogP contribution in [-0.4, -0.2) is 79.4 Å². The first-order chi connectivity index (χ1) is 16.5. The van der Waals surface area contributed by atoms with Gasteiger partial charge in [0.2, 0.25) is 11.8 Å². The molecule has 2 fully saturated rings. The Bertz CT molecular complexity index is 1030. The monoisotopic (exact) mass is 465 g/mol. The molecule has 2 aromatic carbocycles. The van der Waals surface area contributed by atoms with E-state index >= 15 is 0 Å². The number of rotatable bonds is 6. The molecule has 2 saturated heterocycles. The van der Waals surface area contributed by atoms with Gasteiger partial charge in [0.15, 0.2) is 0 Å². The summed E-state index contributed by atoms with van der Waals surface area (Å²) in [6.07, 6.45) is 2.23. The number of piperidine rings is 1. The Labute approximate surface area is 200 Å². The molecule has 2 heterocycles. The molecule has 0 spiro atoms. The van der Waals surface area contributed by atoms with Crippen molar-refractivity contribution in [3.8, 4) is 11.5 Å². The fraction of sp³-hybridized carbons (Fsp3) is 0.423. The lowest BCUT2D eigenvalue weighted by Crippen LogP contribution is -2.54. The van der Waals surface area contributed by atoms with Gasteiger partial charge in [-0.1, -0.05) is 30.3 Å². The van der Waals surface area contributed by atoms with Gasteiger partial charge in [0.25, 0.3) is 5.91 Å². The van der Waals surface area contributed by atoms with E-state index in [1.807, 2.05) is 30.3 Å². The van der Waals surface area contributed by atoms with Gasteiger partial charge in [0.1, 0.15) is 17.5 Å². The number of likely N-dealkylation sites (tertiary alicyclic amines) is 1. The van der Waals surface area contributed by atoms with Crippen LogP contribution in [0.3, 0.4) is 0 Å². The zero-order valence-electron chi connectivity index (χ0n) is 19.7. The van der Waals surface area contributed by atoms with E-state index in [9.17, 15) is 14.4 Å². The van der Waals surface area contributed by atoms with E-state index in [1.165, 1.54) is 7.11 Å². The molecule has 2 aliphatic heterocycles. The van der Waals surface area contributed by atoms with Gasteiger partial charge in [-0.15, -0.1) is 0 Å². The number of hydrogen-bond donors (Lipinski definition) is 0. The van der Waals surface area contributed by atoms with E-state index < -0.39 is 6.04 Å². The van der Waals surface area contributed by atoms with Crippen LogP contribution in [0.2, 0.25) is 0 Å². The molecular weight excluding hydrogens is 434 g/mol. The van der Waals surface area contributed by atoms with Crippen LogP contribution in [0.4, 0.5) is 0 Å². The number of carbonyl (C=O) groups is 3. The van der Waals surface area contributed by atoms with E-state index in [2.05, 4.69) is 0 Å². The summed E-state index contributed by atoms with van der Waals surface area (Å²) in [6, 6.07) is 14.0.